The van der Waals surface area contributed by atoms with E-state index in [1.54, 1.807) is 42.5 Å². The number of amides is 1. The van der Waals surface area contributed by atoms with Gasteiger partial charge < -0.3 is 9.47 Å². The average Bonchev–Trinajstić information content (AvgIpc) is 2.71. The Morgan fingerprint density at radius 1 is 0.893 bits per heavy atom. The molecular weight excluding hydrogens is 378 g/mol. The Balaban J connectivity index is 1.61. The molecule has 7 heteroatoms. The van der Waals surface area contributed by atoms with Crippen LogP contribution in [0.2, 0.25) is 5.28 Å². The standard InChI is InChI=1S/C21H14ClN3O3/c22-20-23-13-12-19(25-20)28-18-11-10-17(15-8-4-5-9-16(15)18)24-21(26)27-14-6-2-1-3-7-14/h1-13H,(H,24,26). The molecule has 0 bridgehead atoms. The number of nitrogens with zero attached hydrogens (tertiary/aromatic N) is 2. The van der Waals surface area contributed by atoms with Crippen LogP contribution in [-0.2, 0) is 0 Å². The second kappa shape index (κ2) is 7.94. The number of anilines is 1. The van der Waals surface area contributed by atoms with Crippen molar-refractivity contribution in [3.63, 3.8) is 0 Å². The minimum Gasteiger partial charge on any atom is -0.438 e. The average molecular weight is 392 g/mol. The maximum atomic E-state index is 12.2. The van der Waals surface area contributed by atoms with Gasteiger partial charge in [0.15, 0.2) is 0 Å². The predicted molar refractivity (Wildman–Crippen MR) is 107 cm³/mol. The molecule has 0 fully saturated rings. The Morgan fingerprint density at radius 2 is 1.64 bits per heavy atom. The van der Waals surface area contributed by atoms with Gasteiger partial charge in [0.2, 0.25) is 11.2 Å². The first kappa shape index (κ1) is 17.8. The van der Waals surface area contributed by atoms with Gasteiger partial charge in [0, 0.05) is 23.0 Å². The SMILES string of the molecule is O=C(Nc1ccc(Oc2ccnc(Cl)n2)c2ccccc12)Oc1ccccc1. The van der Waals surface area contributed by atoms with Crippen molar-refractivity contribution in [3.05, 3.63) is 84.3 Å². The summed E-state index contributed by atoms with van der Waals surface area (Å²) in [6, 6.07) is 21.5. The molecule has 4 rings (SSSR count). The minimum atomic E-state index is -0.576. The smallest absolute Gasteiger partial charge is 0.417 e. The molecule has 0 saturated heterocycles. The molecule has 0 aliphatic heterocycles. The van der Waals surface area contributed by atoms with Crippen LogP contribution in [0.1, 0.15) is 0 Å². The molecule has 4 aromatic rings. The van der Waals surface area contributed by atoms with Crippen LogP contribution in [-0.4, -0.2) is 16.1 Å². The summed E-state index contributed by atoms with van der Waals surface area (Å²) in [5.41, 5.74) is 0.601. The molecule has 1 amide bonds. The van der Waals surface area contributed by atoms with E-state index >= 15 is 0 Å². The molecule has 0 unspecified atom stereocenters. The highest BCUT2D eigenvalue weighted by atomic mass is 35.5. The minimum absolute atomic E-state index is 0.101. The fourth-order valence-electron chi connectivity index (χ4n) is 2.69. The fraction of sp³-hybridized carbons (Fsp3) is 0. The Kier molecular flexibility index (Phi) is 5.03. The van der Waals surface area contributed by atoms with Gasteiger partial charge >= 0.3 is 6.09 Å². The monoisotopic (exact) mass is 391 g/mol. The first-order valence-electron chi connectivity index (χ1n) is 8.41. The number of nitrogens with one attached hydrogen (secondary N) is 1. The third kappa shape index (κ3) is 4.02. The van der Waals surface area contributed by atoms with Crippen LogP contribution in [0.4, 0.5) is 10.5 Å². The largest absolute Gasteiger partial charge is 0.438 e. The van der Waals surface area contributed by atoms with Gasteiger partial charge in [-0.05, 0) is 35.9 Å². The zero-order valence-corrected chi connectivity index (χ0v) is 15.3. The highest BCUT2D eigenvalue weighted by Gasteiger charge is 2.12. The molecule has 0 aliphatic carbocycles. The number of carbonyl (C=O) groups excluding carboxylic acids is 1. The molecule has 0 radical (unpaired) electrons. The molecule has 1 heterocycles. The van der Waals surface area contributed by atoms with Gasteiger partial charge in [-0.15, -0.1) is 0 Å². The quantitative estimate of drug-likeness (QED) is 0.452. The van der Waals surface area contributed by atoms with Gasteiger partial charge in [0.1, 0.15) is 11.5 Å². The van der Waals surface area contributed by atoms with E-state index in [1.165, 1.54) is 6.20 Å². The van der Waals surface area contributed by atoms with Crippen LogP contribution in [0.15, 0.2) is 79.0 Å². The van der Waals surface area contributed by atoms with E-state index in [-0.39, 0.29) is 5.28 Å². The van der Waals surface area contributed by atoms with E-state index in [0.717, 1.165) is 10.8 Å². The third-order valence-corrected chi connectivity index (χ3v) is 4.07. The highest BCUT2D eigenvalue weighted by Crippen LogP contribution is 2.34. The lowest BCUT2D eigenvalue weighted by Crippen LogP contribution is -2.16. The van der Waals surface area contributed by atoms with E-state index in [1.807, 2.05) is 30.3 Å². The summed E-state index contributed by atoms with van der Waals surface area (Å²) in [5, 5.41) is 4.47. The third-order valence-electron chi connectivity index (χ3n) is 3.89. The number of halogens is 1. The van der Waals surface area contributed by atoms with E-state index < -0.39 is 6.09 Å². The Morgan fingerprint density at radius 3 is 2.43 bits per heavy atom. The van der Waals surface area contributed by atoms with Crippen molar-refractivity contribution >= 4 is 34.2 Å². The number of carbonyl (C=O) groups is 1. The van der Waals surface area contributed by atoms with Crippen molar-refractivity contribution in [2.45, 2.75) is 0 Å². The maximum absolute atomic E-state index is 12.2. The topological polar surface area (TPSA) is 73.3 Å². The van der Waals surface area contributed by atoms with Gasteiger partial charge in [-0.3, -0.25) is 5.32 Å². The van der Waals surface area contributed by atoms with Gasteiger partial charge in [0.05, 0.1) is 5.69 Å². The number of aromatic nitrogens is 2. The van der Waals surface area contributed by atoms with E-state index in [0.29, 0.717) is 23.1 Å². The lowest BCUT2D eigenvalue weighted by atomic mass is 10.1. The Labute approximate surface area is 165 Å². The number of ether oxygens (including phenoxy) is 2. The number of hydrogen-bond acceptors (Lipinski definition) is 5. The summed E-state index contributed by atoms with van der Waals surface area (Å²) in [7, 11) is 0. The second-order valence-electron chi connectivity index (χ2n) is 5.75. The fourth-order valence-corrected chi connectivity index (χ4v) is 2.83. The maximum Gasteiger partial charge on any atom is 0.417 e. The predicted octanol–water partition coefficient (Wildman–Crippen LogP) is 5.69. The summed E-state index contributed by atoms with van der Waals surface area (Å²) >= 11 is 5.81. The zero-order chi connectivity index (χ0) is 19.3. The summed E-state index contributed by atoms with van der Waals surface area (Å²) < 4.78 is 11.1. The number of benzene rings is 3. The Hall–Kier alpha value is -3.64. The molecule has 6 nitrogen and oxygen atoms in total. The molecule has 3 aromatic carbocycles. The van der Waals surface area contributed by atoms with Crippen molar-refractivity contribution in [3.8, 4) is 17.4 Å². The van der Waals surface area contributed by atoms with E-state index in [4.69, 9.17) is 21.1 Å². The first-order valence-corrected chi connectivity index (χ1v) is 8.79. The van der Waals surface area contributed by atoms with E-state index in [2.05, 4.69) is 15.3 Å². The zero-order valence-electron chi connectivity index (χ0n) is 14.5. The van der Waals surface area contributed by atoms with Crippen molar-refractivity contribution in [2.24, 2.45) is 0 Å². The molecule has 1 aromatic heterocycles. The number of para-hydroxylation sites is 1. The summed E-state index contributed by atoms with van der Waals surface area (Å²) in [6.45, 7) is 0. The van der Waals surface area contributed by atoms with Crippen LogP contribution >= 0.6 is 11.6 Å². The summed E-state index contributed by atoms with van der Waals surface area (Å²) in [5.74, 6) is 1.37. The molecule has 0 spiro atoms. The van der Waals surface area contributed by atoms with Crippen molar-refractivity contribution in [1.82, 2.24) is 9.97 Å². The normalized spacial score (nSPS) is 10.5. The number of fused-ring (bicyclic) bond motifs is 1. The van der Waals surface area contributed by atoms with Gasteiger partial charge in [-0.25, -0.2) is 9.78 Å². The summed E-state index contributed by atoms with van der Waals surface area (Å²) in [6.07, 6.45) is 0.940. The molecule has 1 N–H and O–H groups in total. The van der Waals surface area contributed by atoms with Gasteiger partial charge in [-0.2, -0.15) is 4.98 Å². The van der Waals surface area contributed by atoms with Crippen LogP contribution in [0.5, 0.6) is 17.4 Å². The number of rotatable bonds is 4. The van der Waals surface area contributed by atoms with Crippen LogP contribution < -0.4 is 14.8 Å². The lowest BCUT2D eigenvalue weighted by molar-refractivity contribution is 0.215. The van der Waals surface area contributed by atoms with E-state index in [9.17, 15) is 4.79 Å². The molecule has 28 heavy (non-hydrogen) atoms. The van der Waals surface area contributed by atoms with Crippen LogP contribution in [0.25, 0.3) is 10.8 Å². The van der Waals surface area contributed by atoms with Gasteiger partial charge in [0.25, 0.3) is 0 Å². The lowest BCUT2D eigenvalue weighted by Gasteiger charge is -2.13. The molecule has 0 aliphatic rings. The highest BCUT2D eigenvalue weighted by molar-refractivity contribution is 6.28. The van der Waals surface area contributed by atoms with Crippen molar-refractivity contribution < 1.29 is 14.3 Å². The molecule has 138 valence electrons. The Bertz CT molecular complexity index is 1140. The number of hydrogen-bond donors (Lipinski definition) is 1. The summed E-state index contributed by atoms with van der Waals surface area (Å²) in [4.78, 5) is 20.1. The molecule has 0 atom stereocenters. The van der Waals surface area contributed by atoms with Crippen LogP contribution in [0, 0.1) is 0 Å². The van der Waals surface area contributed by atoms with Crippen LogP contribution in [0.3, 0.4) is 0 Å². The van der Waals surface area contributed by atoms with Crippen molar-refractivity contribution in [1.29, 1.82) is 0 Å². The first-order chi connectivity index (χ1) is 13.7. The molecule has 0 saturated carbocycles. The second-order valence-corrected chi connectivity index (χ2v) is 6.09. The molecular formula is C21H14ClN3O3. The van der Waals surface area contributed by atoms with Crippen molar-refractivity contribution in [2.75, 3.05) is 5.32 Å². The van der Waals surface area contributed by atoms with Gasteiger partial charge in [-0.1, -0.05) is 42.5 Å².